The van der Waals surface area contributed by atoms with E-state index in [1.807, 2.05) is 13.0 Å². The fraction of sp³-hybridized carbons (Fsp3) is 0.643. The summed E-state index contributed by atoms with van der Waals surface area (Å²) in [5.41, 5.74) is 0. The van der Waals surface area contributed by atoms with Gasteiger partial charge in [-0.15, -0.1) is 11.3 Å². The third kappa shape index (κ3) is 3.80. The first-order valence-corrected chi connectivity index (χ1v) is 8.41. The highest BCUT2D eigenvalue weighted by atomic mass is 79.9. The third-order valence-corrected chi connectivity index (χ3v) is 5.64. The van der Waals surface area contributed by atoms with Gasteiger partial charge in [-0.25, -0.2) is 4.79 Å². The summed E-state index contributed by atoms with van der Waals surface area (Å²) < 4.78 is 6.27. The van der Waals surface area contributed by atoms with Gasteiger partial charge in [0.1, 0.15) is 6.04 Å². The van der Waals surface area contributed by atoms with Crippen molar-refractivity contribution in [1.29, 1.82) is 0 Å². The number of rotatable bonds is 5. The molecule has 1 saturated carbocycles. The Kier molecular flexibility index (Phi) is 5.42. The minimum Gasteiger partial charge on any atom is -0.465 e. The Morgan fingerprint density at radius 2 is 2.26 bits per heavy atom. The molecule has 1 heterocycles. The maximum atomic E-state index is 12.2. The lowest BCUT2D eigenvalue weighted by Gasteiger charge is -2.20. The average Bonchev–Trinajstić information content (AvgIpc) is 2.97. The number of esters is 1. The number of carbonyl (C=O) groups excluding carboxylic acids is 1. The van der Waals surface area contributed by atoms with Crippen molar-refractivity contribution in [3.63, 3.8) is 0 Å². The van der Waals surface area contributed by atoms with E-state index in [1.54, 1.807) is 11.3 Å². The van der Waals surface area contributed by atoms with Crippen LogP contribution in [0.15, 0.2) is 10.5 Å². The number of ether oxygens (including phenoxy) is 1. The molecule has 19 heavy (non-hydrogen) atoms. The molecule has 1 aromatic rings. The van der Waals surface area contributed by atoms with Crippen molar-refractivity contribution in [2.24, 2.45) is 0 Å². The molecule has 0 saturated heterocycles. The van der Waals surface area contributed by atoms with Crippen LogP contribution in [-0.4, -0.2) is 18.6 Å². The fourth-order valence-corrected chi connectivity index (χ4v) is 4.05. The number of thiophene rings is 1. The molecule has 0 spiro atoms. The van der Waals surface area contributed by atoms with Gasteiger partial charge in [-0.05, 0) is 48.7 Å². The summed E-state index contributed by atoms with van der Waals surface area (Å²) in [4.78, 5) is 14.4. The van der Waals surface area contributed by atoms with Gasteiger partial charge in [0, 0.05) is 20.3 Å². The molecule has 1 aliphatic carbocycles. The third-order valence-electron chi connectivity index (χ3n) is 3.44. The number of carbonyl (C=O) groups is 1. The molecule has 0 aliphatic heterocycles. The zero-order chi connectivity index (χ0) is 13.8. The zero-order valence-electron chi connectivity index (χ0n) is 11.4. The minimum atomic E-state index is -0.321. The SMILES string of the molecule is CCOC(=O)C(NC1CCCC1)c1cc(Br)c(C)s1. The lowest BCUT2D eigenvalue weighted by Crippen LogP contribution is -2.36. The summed E-state index contributed by atoms with van der Waals surface area (Å²) in [6.07, 6.45) is 4.81. The quantitative estimate of drug-likeness (QED) is 0.821. The molecule has 1 fully saturated rings. The van der Waals surface area contributed by atoms with Crippen LogP contribution in [0.3, 0.4) is 0 Å². The molecule has 1 aliphatic rings. The lowest BCUT2D eigenvalue weighted by atomic mass is 10.1. The van der Waals surface area contributed by atoms with E-state index >= 15 is 0 Å². The van der Waals surface area contributed by atoms with Crippen LogP contribution in [0.5, 0.6) is 0 Å². The van der Waals surface area contributed by atoms with Crippen LogP contribution in [0.1, 0.15) is 48.4 Å². The first-order chi connectivity index (χ1) is 9.11. The smallest absolute Gasteiger partial charge is 0.328 e. The van der Waals surface area contributed by atoms with Crippen molar-refractivity contribution in [2.45, 2.75) is 51.6 Å². The van der Waals surface area contributed by atoms with Gasteiger partial charge in [0.15, 0.2) is 0 Å². The Labute approximate surface area is 126 Å². The first-order valence-electron chi connectivity index (χ1n) is 6.80. The molecule has 0 bridgehead atoms. The molecular weight excluding hydrogens is 326 g/mol. The summed E-state index contributed by atoms with van der Waals surface area (Å²) in [6.45, 7) is 4.32. The number of aryl methyl sites for hydroxylation is 1. The van der Waals surface area contributed by atoms with Crippen LogP contribution < -0.4 is 5.32 Å². The molecule has 5 heteroatoms. The molecule has 1 aromatic heterocycles. The molecule has 1 unspecified atom stereocenters. The summed E-state index contributed by atoms with van der Waals surface area (Å²) >= 11 is 5.17. The second-order valence-electron chi connectivity index (χ2n) is 4.89. The summed E-state index contributed by atoms with van der Waals surface area (Å²) in [5.74, 6) is -0.164. The number of hydrogen-bond donors (Lipinski definition) is 1. The van der Waals surface area contributed by atoms with E-state index < -0.39 is 0 Å². The Balaban J connectivity index is 2.14. The van der Waals surface area contributed by atoms with E-state index in [4.69, 9.17) is 4.74 Å². The van der Waals surface area contributed by atoms with E-state index in [1.165, 1.54) is 17.7 Å². The Bertz CT molecular complexity index is 421. The lowest BCUT2D eigenvalue weighted by molar-refractivity contribution is -0.146. The highest BCUT2D eigenvalue weighted by molar-refractivity contribution is 9.10. The molecule has 1 atom stereocenters. The zero-order valence-corrected chi connectivity index (χ0v) is 13.8. The van der Waals surface area contributed by atoms with Gasteiger partial charge in [0.25, 0.3) is 0 Å². The van der Waals surface area contributed by atoms with Gasteiger partial charge >= 0.3 is 5.97 Å². The topological polar surface area (TPSA) is 38.3 Å². The first kappa shape index (κ1) is 15.0. The molecular formula is C14H20BrNO2S. The maximum Gasteiger partial charge on any atom is 0.328 e. The second kappa shape index (κ2) is 6.86. The van der Waals surface area contributed by atoms with Crippen LogP contribution in [0.2, 0.25) is 0 Å². The van der Waals surface area contributed by atoms with Crippen LogP contribution in [0.4, 0.5) is 0 Å². The Morgan fingerprint density at radius 1 is 1.58 bits per heavy atom. The largest absolute Gasteiger partial charge is 0.465 e. The van der Waals surface area contributed by atoms with Gasteiger partial charge in [0.05, 0.1) is 6.61 Å². The van der Waals surface area contributed by atoms with Crippen LogP contribution in [0.25, 0.3) is 0 Å². The van der Waals surface area contributed by atoms with Crippen molar-refractivity contribution < 1.29 is 9.53 Å². The molecule has 2 rings (SSSR count). The van der Waals surface area contributed by atoms with Gasteiger partial charge in [-0.3, -0.25) is 5.32 Å². The Morgan fingerprint density at radius 3 is 2.79 bits per heavy atom. The summed E-state index contributed by atoms with van der Waals surface area (Å²) in [7, 11) is 0. The van der Waals surface area contributed by atoms with Crippen molar-refractivity contribution >= 4 is 33.2 Å². The Hall–Kier alpha value is -0.390. The van der Waals surface area contributed by atoms with Crippen molar-refractivity contribution in [3.05, 3.63) is 20.3 Å². The predicted octanol–water partition coefficient (Wildman–Crippen LogP) is 3.96. The minimum absolute atomic E-state index is 0.164. The fourth-order valence-electron chi connectivity index (χ4n) is 2.44. The van der Waals surface area contributed by atoms with Crippen LogP contribution in [0, 0.1) is 6.92 Å². The van der Waals surface area contributed by atoms with Crippen molar-refractivity contribution in [3.8, 4) is 0 Å². The molecule has 0 radical (unpaired) electrons. The highest BCUT2D eigenvalue weighted by Crippen LogP contribution is 2.32. The van der Waals surface area contributed by atoms with Gasteiger partial charge in [-0.1, -0.05) is 12.8 Å². The molecule has 3 nitrogen and oxygen atoms in total. The predicted molar refractivity (Wildman–Crippen MR) is 81.5 cm³/mol. The van der Waals surface area contributed by atoms with E-state index in [0.29, 0.717) is 12.6 Å². The molecule has 106 valence electrons. The van der Waals surface area contributed by atoms with E-state index in [0.717, 1.165) is 22.2 Å². The monoisotopic (exact) mass is 345 g/mol. The standard InChI is InChI=1S/C14H20BrNO2S/c1-3-18-14(17)13(16-10-6-4-5-7-10)12-8-11(15)9(2)19-12/h8,10,13,16H,3-7H2,1-2H3. The maximum absolute atomic E-state index is 12.2. The van der Waals surface area contributed by atoms with Crippen molar-refractivity contribution in [2.75, 3.05) is 6.61 Å². The molecule has 0 amide bonds. The van der Waals surface area contributed by atoms with Crippen LogP contribution >= 0.6 is 27.3 Å². The molecule has 1 N–H and O–H groups in total. The summed E-state index contributed by atoms with van der Waals surface area (Å²) in [5, 5.41) is 3.47. The van der Waals surface area contributed by atoms with Gasteiger partial charge in [-0.2, -0.15) is 0 Å². The normalized spacial score (nSPS) is 17.6. The molecule has 0 aromatic carbocycles. The van der Waals surface area contributed by atoms with E-state index in [-0.39, 0.29) is 12.0 Å². The average molecular weight is 346 g/mol. The van der Waals surface area contributed by atoms with Crippen molar-refractivity contribution in [1.82, 2.24) is 5.32 Å². The second-order valence-corrected chi connectivity index (χ2v) is 7.03. The summed E-state index contributed by atoms with van der Waals surface area (Å²) in [6, 6.07) is 2.15. The highest BCUT2D eigenvalue weighted by Gasteiger charge is 2.28. The van der Waals surface area contributed by atoms with E-state index in [9.17, 15) is 4.79 Å². The number of nitrogens with one attached hydrogen (secondary N) is 1. The number of hydrogen-bond acceptors (Lipinski definition) is 4. The van der Waals surface area contributed by atoms with Gasteiger partial charge < -0.3 is 4.74 Å². The van der Waals surface area contributed by atoms with E-state index in [2.05, 4.69) is 28.2 Å². The number of halogens is 1. The van der Waals surface area contributed by atoms with Gasteiger partial charge in [0.2, 0.25) is 0 Å². The van der Waals surface area contributed by atoms with Crippen LogP contribution in [-0.2, 0) is 9.53 Å².